The van der Waals surface area contributed by atoms with Gasteiger partial charge in [0.2, 0.25) is 0 Å². The van der Waals surface area contributed by atoms with Gasteiger partial charge in [0, 0.05) is 25.2 Å². The second-order valence-corrected chi connectivity index (χ2v) is 4.98. The molecule has 1 aliphatic heterocycles. The van der Waals surface area contributed by atoms with E-state index >= 15 is 0 Å². The highest BCUT2D eigenvalue weighted by Gasteiger charge is 2.15. The van der Waals surface area contributed by atoms with Gasteiger partial charge in [-0.15, -0.1) is 0 Å². The number of morpholine rings is 1. The lowest BCUT2D eigenvalue weighted by atomic mass is 10.1. The molecule has 0 amide bonds. The van der Waals surface area contributed by atoms with Gasteiger partial charge in [0.15, 0.2) is 0 Å². The maximum Gasteiger partial charge on any atom is 0.119 e. The van der Waals surface area contributed by atoms with E-state index in [9.17, 15) is 0 Å². The number of benzene rings is 1. The van der Waals surface area contributed by atoms with Gasteiger partial charge >= 0.3 is 0 Å². The lowest BCUT2D eigenvalue weighted by Crippen LogP contribution is -2.45. The molecule has 4 heteroatoms. The van der Waals surface area contributed by atoms with Crippen molar-refractivity contribution in [2.75, 3.05) is 32.9 Å². The summed E-state index contributed by atoms with van der Waals surface area (Å²) in [7, 11) is 0. The van der Waals surface area contributed by atoms with Crippen molar-refractivity contribution >= 4 is 0 Å². The maximum absolute atomic E-state index is 5.64. The van der Waals surface area contributed by atoms with Crippen LogP contribution in [0.15, 0.2) is 30.3 Å². The Labute approximate surface area is 115 Å². The summed E-state index contributed by atoms with van der Waals surface area (Å²) in [6, 6.07) is 10.9. The number of nitrogens with one attached hydrogen (secondary N) is 2. The van der Waals surface area contributed by atoms with E-state index in [4.69, 9.17) is 9.47 Å². The van der Waals surface area contributed by atoms with Crippen LogP contribution in [0.25, 0.3) is 0 Å². The Kier molecular flexibility index (Phi) is 6.14. The van der Waals surface area contributed by atoms with Crippen molar-refractivity contribution in [2.45, 2.75) is 25.4 Å². The van der Waals surface area contributed by atoms with Crippen LogP contribution in [0, 0.1) is 0 Å². The molecule has 106 valence electrons. The van der Waals surface area contributed by atoms with E-state index in [0.29, 0.717) is 18.7 Å². The molecule has 1 fully saturated rings. The highest BCUT2D eigenvalue weighted by molar-refractivity contribution is 5.20. The van der Waals surface area contributed by atoms with Crippen LogP contribution in [0.1, 0.15) is 13.3 Å². The Balaban J connectivity index is 1.55. The van der Waals surface area contributed by atoms with Gasteiger partial charge < -0.3 is 20.1 Å². The fraction of sp³-hybridized carbons (Fsp3) is 0.600. The van der Waals surface area contributed by atoms with Gasteiger partial charge in [0.1, 0.15) is 12.4 Å². The second kappa shape index (κ2) is 8.15. The molecule has 0 aromatic heterocycles. The average molecular weight is 264 g/mol. The Morgan fingerprint density at radius 3 is 3.00 bits per heavy atom. The quantitative estimate of drug-likeness (QED) is 0.731. The molecule has 0 radical (unpaired) electrons. The number of para-hydroxylation sites is 1. The molecule has 2 atom stereocenters. The highest BCUT2D eigenvalue weighted by Crippen LogP contribution is 2.07. The van der Waals surface area contributed by atoms with Crippen LogP contribution in [0.2, 0.25) is 0 Å². The molecule has 2 rings (SSSR count). The predicted octanol–water partition coefficient (Wildman–Crippen LogP) is 1.42. The van der Waals surface area contributed by atoms with E-state index in [0.717, 1.165) is 38.5 Å². The van der Waals surface area contributed by atoms with E-state index in [-0.39, 0.29) is 0 Å². The van der Waals surface area contributed by atoms with Crippen LogP contribution in [0.3, 0.4) is 0 Å². The SMILES string of the molecule is CC(CC1COCCN1)NCCOc1ccccc1. The number of hydrogen-bond acceptors (Lipinski definition) is 4. The number of rotatable bonds is 7. The van der Waals surface area contributed by atoms with E-state index in [1.54, 1.807) is 0 Å². The summed E-state index contributed by atoms with van der Waals surface area (Å²) in [5.41, 5.74) is 0. The number of ether oxygens (including phenoxy) is 2. The molecular weight excluding hydrogens is 240 g/mol. The van der Waals surface area contributed by atoms with Gasteiger partial charge in [0.25, 0.3) is 0 Å². The minimum Gasteiger partial charge on any atom is -0.492 e. The van der Waals surface area contributed by atoms with E-state index < -0.39 is 0 Å². The molecule has 1 saturated heterocycles. The monoisotopic (exact) mass is 264 g/mol. The van der Waals surface area contributed by atoms with Gasteiger partial charge in [-0.25, -0.2) is 0 Å². The molecule has 0 spiro atoms. The molecule has 0 aliphatic carbocycles. The van der Waals surface area contributed by atoms with Gasteiger partial charge in [-0.1, -0.05) is 18.2 Å². The van der Waals surface area contributed by atoms with Crippen molar-refractivity contribution in [3.05, 3.63) is 30.3 Å². The molecule has 1 heterocycles. The van der Waals surface area contributed by atoms with Crippen molar-refractivity contribution < 1.29 is 9.47 Å². The molecule has 1 aromatic rings. The molecule has 1 aliphatic rings. The zero-order valence-corrected chi connectivity index (χ0v) is 11.6. The summed E-state index contributed by atoms with van der Waals surface area (Å²) in [5.74, 6) is 0.930. The van der Waals surface area contributed by atoms with E-state index in [1.165, 1.54) is 0 Å². The van der Waals surface area contributed by atoms with Crippen molar-refractivity contribution in [1.82, 2.24) is 10.6 Å². The van der Waals surface area contributed by atoms with Gasteiger partial charge in [-0.2, -0.15) is 0 Å². The Bertz CT molecular complexity index is 339. The van der Waals surface area contributed by atoms with Crippen LogP contribution in [-0.4, -0.2) is 45.0 Å². The predicted molar refractivity (Wildman–Crippen MR) is 76.6 cm³/mol. The topological polar surface area (TPSA) is 42.5 Å². The summed E-state index contributed by atoms with van der Waals surface area (Å²) in [4.78, 5) is 0. The summed E-state index contributed by atoms with van der Waals surface area (Å²) >= 11 is 0. The van der Waals surface area contributed by atoms with Gasteiger partial charge in [0.05, 0.1) is 13.2 Å². The smallest absolute Gasteiger partial charge is 0.119 e. The van der Waals surface area contributed by atoms with Gasteiger partial charge in [-0.3, -0.25) is 0 Å². The Morgan fingerprint density at radius 2 is 2.26 bits per heavy atom. The molecule has 2 unspecified atom stereocenters. The van der Waals surface area contributed by atoms with E-state index in [1.807, 2.05) is 30.3 Å². The van der Waals surface area contributed by atoms with Crippen LogP contribution in [0.4, 0.5) is 0 Å². The zero-order chi connectivity index (χ0) is 13.3. The van der Waals surface area contributed by atoms with E-state index in [2.05, 4.69) is 17.6 Å². The first kappa shape index (κ1) is 14.3. The highest BCUT2D eigenvalue weighted by atomic mass is 16.5. The van der Waals surface area contributed by atoms with Crippen molar-refractivity contribution in [2.24, 2.45) is 0 Å². The summed E-state index contributed by atoms with van der Waals surface area (Å²) < 4.78 is 11.1. The minimum atomic E-state index is 0.471. The average Bonchev–Trinajstić information content (AvgIpc) is 2.46. The zero-order valence-electron chi connectivity index (χ0n) is 11.6. The first-order chi connectivity index (χ1) is 9.34. The fourth-order valence-electron chi connectivity index (χ4n) is 2.27. The minimum absolute atomic E-state index is 0.471. The normalized spacial score (nSPS) is 21.0. The van der Waals surface area contributed by atoms with Crippen LogP contribution < -0.4 is 15.4 Å². The molecule has 19 heavy (non-hydrogen) atoms. The fourth-order valence-corrected chi connectivity index (χ4v) is 2.27. The van der Waals surface area contributed by atoms with Gasteiger partial charge in [-0.05, 0) is 25.5 Å². The molecule has 0 saturated carbocycles. The molecule has 4 nitrogen and oxygen atoms in total. The third-order valence-electron chi connectivity index (χ3n) is 3.24. The third-order valence-corrected chi connectivity index (χ3v) is 3.24. The van der Waals surface area contributed by atoms with Crippen LogP contribution in [0.5, 0.6) is 5.75 Å². The summed E-state index contributed by atoms with van der Waals surface area (Å²) in [6.45, 7) is 6.40. The lowest BCUT2D eigenvalue weighted by Gasteiger charge is -2.26. The largest absolute Gasteiger partial charge is 0.492 e. The Morgan fingerprint density at radius 1 is 1.42 bits per heavy atom. The standard InChI is InChI=1S/C15H24N2O2/c1-13(11-14-12-18-9-7-17-14)16-8-10-19-15-5-3-2-4-6-15/h2-6,13-14,16-17H,7-12H2,1H3. The first-order valence-electron chi connectivity index (χ1n) is 7.07. The van der Waals surface area contributed by atoms with Crippen molar-refractivity contribution in [1.29, 1.82) is 0 Å². The Hall–Kier alpha value is -1.10. The summed E-state index contributed by atoms with van der Waals surface area (Å²) in [6.07, 6.45) is 1.09. The number of hydrogen-bond donors (Lipinski definition) is 2. The van der Waals surface area contributed by atoms with Crippen molar-refractivity contribution in [3.63, 3.8) is 0 Å². The molecular formula is C15H24N2O2. The molecule has 1 aromatic carbocycles. The van der Waals surface area contributed by atoms with Crippen LogP contribution >= 0.6 is 0 Å². The summed E-state index contributed by atoms with van der Waals surface area (Å²) in [5, 5.41) is 6.95. The lowest BCUT2D eigenvalue weighted by molar-refractivity contribution is 0.0711. The molecule has 2 N–H and O–H groups in total. The third kappa shape index (κ3) is 5.59. The molecule has 0 bridgehead atoms. The van der Waals surface area contributed by atoms with Crippen molar-refractivity contribution in [3.8, 4) is 5.75 Å². The second-order valence-electron chi connectivity index (χ2n) is 4.98. The maximum atomic E-state index is 5.64. The first-order valence-corrected chi connectivity index (χ1v) is 7.07. The van der Waals surface area contributed by atoms with Crippen LogP contribution in [-0.2, 0) is 4.74 Å².